The summed E-state index contributed by atoms with van der Waals surface area (Å²) in [6.07, 6.45) is 1.73. The summed E-state index contributed by atoms with van der Waals surface area (Å²) >= 11 is 0. The van der Waals surface area contributed by atoms with E-state index in [1.165, 1.54) is 0 Å². The van der Waals surface area contributed by atoms with E-state index in [9.17, 15) is 4.79 Å². The van der Waals surface area contributed by atoms with Crippen molar-refractivity contribution < 1.29 is 19.0 Å². The number of nitrogens with zero attached hydrogens (tertiary/aromatic N) is 4. The molecule has 1 aliphatic rings. The molecule has 12 heteroatoms. The molecule has 0 bridgehead atoms. The monoisotopic (exact) mass is 486 g/mol. The zero-order chi connectivity index (χ0) is 24.7. The molecule has 2 heterocycles. The fraction of sp³-hybridized carbons (Fsp3) is 0.478. The van der Waals surface area contributed by atoms with Crippen LogP contribution in [0.4, 0.5) is 23.5 Å². The van der Waals surface area contributed by atoms with Crippen LogP contribution in [0.2, 0.25) is 0 Å². The Morgan fingerprint density at radius 1 is 1.11 bits per heavy atom. The number of carbonyl (C=O) groups excluding carboxylic acids is 1. The van der Waals surface area contributed by atoms with E-state index in [0.717, 1.165) is 0 Å². The smallest absolute Gasteiger partial charge is 0.251 e. The largest absolute Gasteiger partial charge is 0.378 e. The molecule has 5 N–H and O–H groups in total. The van der Waals surface area contributed by atoms with Crippen molar-refractivity contribution in [1.82, 2.24) is 20.3 Å². The molecule has 0 unspecified atom stereocenters. The van der Waals surface area contributed by atoms with Gasteiger partial charge in [0.15, 0.2) is 0 Å². The van der Waals surface area contributed by atoms with E-state index >= 15 is 0 Å². The maximum Gasteiger partial charge on any atom is 0.251 e. The minimum atomic E-state index is -0.199. The van der Waals surface area contributed by atoms with E-state index < -0.39 is 0 Å². The van der Waals surface area contributed by atoms with Gasteiger partial charge >= 0.3 is 0 Å². The summed E-state index contributed by atoms with van der Waals surface area (Å²) < 4.78 is 16.1. The van der Waals surface area contributed by atoms with Crippen molar-refractivity contribution in [2.75, 3.05) is 87.9 Å². The minimum absolute atomic E-state index is 0.199. The van der Waals surface area contributed by atoms with Crippen LogP contribution in [-0.4, -0.2) is 93.2 Å². The van der Waals surface area contributed by atoms with Crippen molar-refractivity contribution in [1.29, 1.82) is 0 Å². The summed E-state index contributed by atoms with van der Waals surface area (Å²) in [4.78, 5) is 28.1. The average Bonchev–Trinajstić information content (AvgIpc) is 2.89. The zero-order valence-corrected chi connectivity index (χ0v) is 19.9. The second-order valence-electron chi connectivity index (χ2n) is 7.53. The Bertz CT molecular complexity index is 939. The van der Waals surface area contributed by atoms with Gasteiger partial charge in [0.1, 0.15) is 0 Å². The van der Waals surface area contributed by atoms with Crippen LogP contribution >= 0.6 is 0 Å². The van der Waals surface area contributed by atoms with E-state index in [2.05, 4.69) is 37.5 Å². The fourth-order valence-corrected chi connectivity index (χ4v) is 3.18. The normalized spacial score (nSPS) is 13.3. The van der Waals surface area contributed by atoms with E-state index in [4.69, 9.17) is 19.9 Å². The Morgan fingerprint density at radius 3 is 2.66 bits per heavy atom. The summed E-state index contributed by atoms with van der Waals surface area (Å²) in [7, 11) is 0. The maximum absolute atomic E-state index is 12.5. The second-order valence-corrected chi connectivity index (χ2v) is 7.53. The number of nitrogens with one attached hydrogen (secondary N) is 3. The number of morpholine rings is 1. The Labute approximate surface area is 205 Å². The molecule has 1 aromatic heterocycles. The van der Waals surface area contributed by atoms with E-state index in [1.807, 2.05) is 11.0 Å². The Morgan fingerprint density at radius 2 is 1.89 bits per heavy atom. The van der Waals surface area contributed by atoms with Crippen molar-refractivity contribution in [3.8, 4) is 0 Å². The third-order valence-corrected chi connectivity index (χ3v) is 4.87. The lowest BCUT2D eigenvalue weighted by Gasteiger charge is -2.27. The third-order valence-electron chi connectivity index (χ3n) is 4.87. The van der Waals surface area contributed by atoms with Crippen LogP contribution in [-0.2, 0) is 14.2 Å². The number of amides is 1. The molecule has 35 heavy (non-hydrogen) atoms. The molecule has 190 valence electrons. The first-order valence-corrected chi connectivity index (χ1v) is 11.6. The SMILES string of the molecule is C=CCNc1nc(Nc2cccc(C(=O)NCCOCCOCCN)c2)nc(N2CCOCC2)n1. The maximum atomic E-state index is 12.5. The van der Waals surface area contributed by atoms with Crippen LogP contribution < -0.4 is 26.6 Å². The lowest BCUT2D eigenvalue weighted by molar-refractivity contribution is 0.0511. The molecule has 3 rings (SSSR count). The molecular weight excluding hydrogens is 452 g/mol. The number of carbonyl (C=O) groups is 1. The van der Waals surface area contributed by atoms with Gasteiger partial charge in [0.2, 0.25) is 17.8 Å². The van der Waals surface area contributed by atoms with E-state index in [-0.39, 0.29) is 5.91 Å². The number of hydrogen-bond donors (Lipinski definition) is 4. The highest BCUT2D eigenvalue weighted by molar-refractivity contribution is 5.95. The molecule has 1 fully saturated rings. The van der Waals surface area contributed by atoms with Gasteiger partial charge in [-0.25, -0.2) is 0 Å². The Hall–Kier alpha value is -3.32. The van der Waals surface area contributed by atoms with Crippen molar-refractivity contribution in [3.05, 3.63) is 42.5 Å². The summed E-state index contributed by atoms with van der Waals surface area (Å²) in [5.41, 5.74) is 6.54. The predicted molar refractivity (Wildman–Crippen MR) is 134 cm³/mol. The molecule has 0 spiro atoms. The van der Waals surface area contributed by atoms with Crippen LogP contribution in [0.25, 0.3) is 0 Å². The first kappa shape index (κ1) is 26.3. The molecule has 1 saturated heterocycles. The molecule has 1 aliphatic heterocycles. The number of aromatic nitrogens is 3. The molecule has 2 aromatic rings. The van der Waals surface area contributed by atoms with Crippen molar-refractivity contribution in [3.63, 3.8) is 0 Å². The topological polar surface area (TPSA) is 149 Å². The number of anilines is 4. The quantitative estimate of drug-likeness (QED) is 0.209. The lowest BCUT2D eigenvalue weighted by Crippen LogP contribution is -2.37. The molecule has 1 amide bonds. The van der Waals surface area contributed by atoms with E-state index in [0.29, 0.717) is 101 Å². The second kappa shape index (κ2) is 14.8. The van der Waals surface area contributed by atoms with Gasteiger partial charge < -0.3 is 40.8 Å². The van der Waals surface area contributed by atoms with E-state index in [1.54, 1.807) is 24.3 Å². The van der Waals surface area contributed by atoms with Gasteiger partial charge in [0.05, 0.1) is 39.6 Å². The fourth-order valence-electron chi connectivity index (χ4n) is 3.18. The molecular formula is C23H34N8O4. The van der Waals surface area contributed by atoms with Gasteiger partial charge in [-0.2, -0.15) is 15.0 Å². The van der Waals surface area contributed by atoms with Gasteiger partial charge in [-0.05, 0) is 18.2 Å². The van der Waals surface area contributed by atoms with Crippen molar-refractivity contribution >= 4 is 29.4 Å². The number of hydrogen-bond acceptors (Lipinski definition) is 11. The van der Waals surface area contributed by atoms with Crippen LogP contribution in [0, 0.1) is 0 Å². The third kappa shape index (κ3) is 9.09. The molecule has 1 aromatic carbocycles. The van der Waals surface area contributed by atoms with Gasteiger partial charge in [-0.1, -0.05) is 12.1 Å². The van der Waals surface area contributed by atoms with Crippen LogP contribution in [0.5, 0.6) is 0 Å². The molecule has 12 nitrogen and oxygen atoms in total. The zero-order valence-electron chi connectivity index (χ0n) is 19.9. The first-order valence-electron chi connectivity index (χ1n) is 11.6. The molecule has 0 saturated carbocycles. The highest BCUT2D eigenvalue weighted by Gasteiger charge is 2.17. The van der Waals surface area contributed by atoms with Gasteiger partial charge in [0.25, 0.3) is 5.91 Å². The van der Waals surface area contributed by atoms with Crippen LogP contribution in [0.1, 0.15) is 10.4 Å². The summed E-state index contributed by atoms with van der Waals surface area (Å²) in [6.45, 7) is 9.59. The summed E-state index contributed by atoms with van der Waals surface area (Å²) in [5, 5.41) is 9.14. The Kier molecular flexibility index (Phi) is 11.1. The molecule has 0 radical (unpaired) electrons. The Balaban J connectivity index is 1.58. The van der Waals surface area contributed by atoms with Gasteiger partial charge in [-0.3, -0.25) is 4.79 Å². The number of rotatable bonds is 15. The van der Waals surface area contributed by atoms with Gasteiger partial charge in [-0.15, -0.1) is 6.58 Å². The van der Waals surface area contributed by atoms with Crippen molar-refractivity contribution in [2.24, 2.45) is 5.73 Å². The minimum Gasteiger partial charge on any atom is -0.378 e. The van der Waals surface area contributed by atoms with Crippen LogP contribution in [0.3, 0.4) is 0 Å². The molecule has 0 atom stereocenters. The van der Waals surface area contributed by atoms with Crippen molar-refractivity contribution in [2.45, 2.75) is 0 Å². The predicted octanol–water partition coefficient (Wildman–Crippen LogP) is 0.771. The highest BCUT2D eigenvalue weighted by atomic mass is 16.5. The molecule has 0 aliphatic carbocycles. The highest BCUT2D eigenvalue weighted by Crippen LogP contribution is 2.19. The van der Waals surface area contributed by atoms with Crippen LogP contribution in [0.15, 0.2) is 36.9 Å². The number of ether oxygens (including phenoxy) is 3. The summed E-state index contributed by atoms with van der Waals surface area (Å²) in [5.74, 6) is 1.16. The average molecular weight is 487 g/mol. The first-order chi connectivity index (χ1) is 17.2. The number of benzene rings is 1. The number of nitrogens with two attached hydrogens (primary N) is 1. The lowest BCUT2D eigenvalue weighted by atomic mass is 10.2. The standard InChI is InChI=1S/C23H34N8O4/c1-2-7-26-21-28-22(30-23(29-21)31-9-13-35-14-10-31)27-19-5-3-4-18(17-19)20(32)25-8-12-34-16-15-33-11-6-24/h2-5,17H,1,6-16,24H2,(H,25,32)(H2,26,27,28,29,30). The van der Waals surface area contributed by atoms with Gasteiger partial charge in [0, 0.05) is 44.0 Å². The summed E-state index contributed by atoms with van der Waals surface area (Å²) in [6, 6.07) is 7.12.